The number of nitrogens with one attached hydrogen (secondary N) is 1. The van der Waals surface area contributed by atoms with Crippen LogP contribution in [0.1, 0.15) is 42.4 Å². The highest BCUT2D eigenvalue weighted by molar-refractivity contribution is 6.05. The first-order chi connectivity index (χ1) is 21.7. The molecule has 4 aromatic rings. The summed E-state index contributed by atoms with van der Waals surface area (Å²) in [4.78, 5) is 12.2. The van der Waals surface area contributed by atoms with Crippen LogP contribution in [-0.4, -0.2) is 32.7 Å². The zero-order chi connectivity index (χ0) is 30.1. The molecule has 44 heavy (non-hydrogen) atoms. The Balaban J connectivity index is 1.21. The molecule has 1 atom stereocenters. The second-order valence-electron chi connectivity index (χ2n) is 11.5. The van der Waals surface area contributed by atoms with Gasteiger partial charge < -0.3 is 10.2 Å². The van der Waals surface area contributed by atoms with Crippen molar-refractivity contribution in [1.29, 1.82) is 0 Å². The molecule has 1 saturated carbocycles. The summed E-state index contributed by atoms with van der Waals surface area (Å²) in [6, 6.07) is 36.0. The highest BCUT2D eigenvalue weighted by atomic mass is 15.1. The van der Waals surface area contributed by atoms with Crippen molar-refractivity contribution in [3.63, 3.8) is 0 Å². The van der Waals surface area contributed by atoms with E-state index in [0.29, 0.717) is 12.5 Å². The Morgan fingerprint density at radius 3 is 2.32 bits per heavy atom. The van der Waals surface area contributed by atoms with Crippen LogP contribution in [0.3, 0.4) is 0 Å². The third-order valence-corrected chi connectivity index (χ3v) is 8.40. The standard InChI is InChI=1S/C40H40N4/c1-41-38-21-11-20-37(39(38)44(2)29-31-12-9-13-31)34-24-22-30(23-25-34)27-42-40(35-17-7-4-8-18-35)43-28-32-14-10-19-36(26-32)33-15-5-3-6-16-33/h3-8,10-11,14-25,27,29,32,41H,9,12-13,26,28H2,1-2H3. The molecule has 1 unspecified atom stereocenters. The van der Waals surface area contributed by atoms with Crippen LogP contribution >= 0.6 is 0 Å². The van der Waals surface area contributed by atoms with E-state index in [0.717, 1.165) is 29.1 Å². The van der Waals surface area contributed by atoms with Crippen molar-refractivity contribution in [2.45, 2.75) is 25.7 Å². The predicted molar refractivity (Wildman–Crippen MR) is 189 cm³/mol. The van der Waals surface area contributed by atoms with Crippen LogP contribution < -0.4 is 10.2 Å². The van der Waals surface area contributed by atoms with Gasteiger partial charge in [0.2, 0.25) is 0 Å². The number of anilines is 2. The van der Waals surface area contributed by atoms with Gasteiger partial charge in [-0.25, -0.2) is 4.99 Å². The number of rotatable bonds is 9. The summed E-state index contributed by atoms with van der Waals surface area (Å²) >= 11 is 0. The van der Waals surface area contributed by atoms with Crippen molar-refractivity contribution in [2.75, 3.05) is 30.9 Å². The van der Waals surface area contributed by atoms with Crippen LogP contribution in [0, 0.1) is 5.92 Å². The minimum Gasteiger partial charge on any atom is -0.386 e. The van der Waals surface area contributed by atoms with Crippen LogP contribution in [-0.2, 0) is 0 Å². The van der Waals surface area contributed by atoms with E-state index in [1.54, 1.807) is 0 Å². The lowest BCUT2D eigenvalue weighted by Crippen LogP contribution is -2.14. The van der Waals surface area contributed by atoms with Crippen LogP contribution in [0.2, 0.25) is 0 Å². The average Bonchev–Trinajstić information content (AvgIpc) is 3.07. The van der Waals surface area contributed by atoms with E-state index in [1.165, 1.54) is 52.8 Å². The van der Waals surface area contributed by atoms with E-state index in [9.17, 15) is 0 Å². The van der Waals surface area contributed by atoms with Crippen molar-refractivity contribution < 1.29 is 0 Å². The lowest BCUT2D eigenvalue weighted by Gasteiger charge is -2.26. The van der Waals surface area contributed by atoms with E-state index < -0.39 is 0 Å². The second kappa shape index (κ2) is 14.0. The number of para-hydroxylation sites is 1. The lowest BCUT2D eigenvalue weighted by atomic mass is 9.90. The Bertz CT molecular complexity index is 1700. The van der Waals surface area contributed by atoms with E-state index in [-0.39, 0.29) is 0 Å². The third kappa shape index (κ3) is 6.98. The first-order valence-corrected chi connectivity index (χ1v) is 15.6. The number of aliphatic imine (C=N–C) groups is 2. The Labute approximate surface area is 261 Å². The number of allylic oxidation sites excluding steroid dienone is 4. The number of hydrogen-bond donors (Lipinski definition) is 1. The molecule has 0 spiro atoms. The topological polar surface area (TPSA) is 40.0 Å². The highest BCUT2D eigenvalue weighted by Gasteiger charge is 2.16. The van der Waals surface area contributed by atoms with Crippen LogP contribution in [0.4, 0.5) is 11.4 Å². The van der Waals surface area contributed by atoms with Gasteiger partial charge in [-0.05, 0) is 54.0 Å². The molecule has 4 heteroatoms. The molecule has 2 aliphatic carbocycles. The fraction of sp³-hybridized carbons (Fsp3) is 0.200. The van der Waals surface area contributed by atoms with Crippen LogP contribution in [0.5, 0.6) is 0 Å². The van der Waals surface area contributed by atoms with Gasteiger partial charge in [-0.2, -0.15) is 0 Å². The molecule has 0 amide bonds. The van der Waals surface area contributed by atoms with Gasteiger partial charge in [-0.1, -0.05) is 121 Å². The van der Waals surface area contributed by atoms with E-state index >= 15 is 0 Å². The summed E-state index contributed by atoms with van der Waals surface area (Å²) < 4.78 is 0. The van der Waals surface area contributed by atoms with E-state index in [1.807, 2.05) is 31.5 Å². The maximum absolute atomic E-state index is 5.03. The molecule has 0 aliphatic heterocycles. The van der Waals surface area contributed by atoms with Crippen molar-refractivity contribution in [3.8, 4) is 11.1 Å². The smallest absolute Gasteiger partial charge is 0.154 e. The largest absolute Gasteiger partial charge is 0.386 e. The van der Waals surface area contributed by atoms with E-state index in [4.69, 9.17) is 9.98 Å². The fourth-order valence-electron chi connectivity index (χ4n) is 5.83. The SMILES string of the molecule is CNc1cccc(-c2ccc(C=NC(=NCC3C=CC=C(c4ccccc4)C3)c3ccccc3)cc2)c1N(C)C=C1CCC1. The molecule has 0 bridgehead atoms. The van der Waals surface area contributed by atoms with Gasteiger partial charge in [0.25, 0.3) is 0 Å². The quantitative estimate of drug-likeness (QED) is 0.159. The molecule has 0 saturated heterocycles. The normalized spacial score (nSPS) is 16.4. The Kier molecular flexibility index (Phi) is 9.27. The molecule has 2 aliphatic rings. The molecule has 1 fully saturated rings. The lowest BCUT2D eigenvalue weighted by molar-refractivity contribution is 0.658. The minimum absolute atomic E-state index is 0.337. The van der Waals surface area contributed by atoms with Gasteiger partial charge in [0.05, 0.1) is 11.4 Å². The molecule has 4 nitrogen and oxygen atoms in total. The monoisotopic (exact) mass is 576 g/mol. The zero-order valence-electron chi connectivity index (χ0n) is 25.7. The number of nitrogens with zero attached hydrogens (tertiary/aromatic N) is 3. The first-order valence-electron chi connectivity index (χ1n) is 15.6. The summed E-state index contributed by atoms with van der Waals surface area (Å²) in [5.41, 5.74) is 10.9. The molecular formula is C40H40N4. The van der Waals surface area contributed by atoms with Gasteiger partial charge in [0.1, 0.15) is 0 Å². The third-order valence-electron chi connectivity index (χ3n) is 8.40. The van der Waals surface area contributed by atoms with Gasteiger partial charge in [-0.15, -0.1) is 0 Å². The van der Waals surface area contributed by atoms with Crippen molar-refractivity contribution in [2.24, 2.45) is 15.9 Å². The van der Waals surface area contributed by atoms with Crippen molar-refractivity contribution >= 4 is 29.0 Å². The maximum Gasteiger partial charge on any atom is 0.154 e. The van der Waals surface area contributed by atoms with E-state index in [2.05, 4.69) is 127 Å². The second-order valence-corrected chi connectivity index (χ2v) is 11.5. The van der Waals surface area contributed by atoms with Gasteiger partial charge in [0.15, 0.2) is 5.84 Å². The molecule has 4 aromatic carbocycles. The summed E-state index contributed by atoms with van der Waals surface area (Å²) in [6.07, 6.45) is 15.5. The number of hydrogen-bond acceptors (Lipinski definition) is 3. The minimum atomic E-state index is 0.337. The van der Waals surface area contributed by atoms with Crippen molar-refractivity contribution in [1.82, 2.24) is 0 Å². The summed E-state index contributed by atoms with van der Waals surface area (Å²) in [5.74, 6) is 1.09. The predicted octanol–water partition coefficient (Wildman–Crippen LogP) is 9.42. The Hall–Kier alpha value is -4.96. The van der Waals surface area contributed by atoms with Crippen molar-refractivity contribution in [3.05, 3.63) is 150 Å². The number of benzene rings is 4. The molecule has 0 heterocycles. The fourth-order valence-corrected chi connectivity index (χ4v) is 5.83. The molecule has 0 radical (unpaired) electrons. The Morgan fingerprint density at radius 2 is 1.61 bits per heavy atom. The van der Waals surface area contributed by atoms with Crippen LogP contribution in [0.15, 0.2) is 143 Å². The molecule has 1 N–H and O–H groups in total. The zero-order valence-corrected chi connectivity index (χ0v) is 25.7. The maximum atomic E-state index is 5.03. The number of amidine groups is 1. The Morgan fingerprint density at radius 1 is 0.864 bits per heavy atom. The molecule has 0 aromatic heterocycles. The molecule has 6 rings (SSSR count). The van der Waals surface area contributed by atoms with Gasteiger partial charge in [-0.3, -0.25) is 4.99 Å². The van der Waals surface area contributed by atoms with Gasteiger partial charge in [0, 0.05) is 50.1 Å². The first kappa shape index (κ1) is 29.1. The van der Waals surface area contributed by atoms with Gasteiger partial charge >= 0.3 is 0 Å². The summed E-state index contributed by atoms with van der Waals surface area (Å²) in [5, 5.41) is 3.39. The summed E-state index contributed by atoms with van der Waals surface area (Å²) in [6.45, 7) is 0.690. The summed E-state index contributed by atoms with van der Waals surface area (Å²) in [7, 11) is 4.14. The average molecular weight is 577 g/mol. The van der Waals surface area contributed by atoms with Crippen LogP contribution in [0.25, 0.3) is 16.7 Å². The highest BCUT2D eigenvalue weighted by Crippen LogP contribution is 2.38. The molecular weight excluding hydrogens is 536 g/mol. The molecule has 220 valence electrons.